The number of aldehydes is 1. The first-order valence-electron chi connectivity index (χ1n) is 4.66. The van der Waals surface area contributed by atoms with Gasteiger partial charge in [0.1, 0.15) is 11.4 Å². The van der Waals surface area contributed by atoms with Crippen LogP contribution in [-0.4, -0.2) is 16.9 Å². The smallest absolute Gasteiger partial charge is 0.151 e. The van der Waals surface area contributed by atoms with Crippen LogP contribution in [0.1, 0.15) is 37.6 Å². The maximum Gasteiger partial charge on any atom is 0.151 e. The Hall–Kier alpha value is -1.38. The molecule has 0 aromatic carbocycles. The number of rotatable bonds is 4. The van der Waals surface area contributed by atoms with Crippen LogP contribution in [0.2, 0.25) is 0 Å². The van der Waals surface area contributed by atoms with Gasteiger partial charge in [0.15, 0.2) is 6.29 Å². The number of aromatic nitrogens is 1. The molecule has 0 saturated heterocycles. The molecule has 14 heavy (non-hydrogen) atoms. The standard InChI is InChI=1S/C11H15NO2/c1-4-11(2,3)14-10-5-9(8-13)6-12-7-10/h5-8H,4H2,1-3H3. The van der Waals surface area contributed by atoms with Crippen molar-refractivity contribution in [3.63, 3.8) is 0 Å². The third-order valence-electron chi connectivity index (χ3n) is 2.12. The third-order valence-corrected chi connectivity index (χ3v) is 2.12. The molecule has 0 atom stereocenters. The van der Waals surface area contributed by atoms with Crippen molar-refractivity contribution in [2.75, 3.05) is 0 Å². The summed E-state index contributed by atoms with van der Waals surface area (Å²) in [7, 11) is 0. The number of nitrogens with zero attached hydrogens (tertiary/aromatic N) is 1. The van der Waals surface area contributed by atoms with Crippen molar-refractivity contribution in [3.8, 4) is 5.75 Å². The quantitative estimate of drug-likeness (QED) is 0.689. The lowest BCUT2D eigenvalue weighted by Crippen LogP contribution is -2.26. The largest absolute Gasteiger partial charge is 0.486 e. The predicted octanol–water partition coefficient (Wildman–Crippen LogP) is 2.46. The molecule has 3 heteroatoms. The van der Waals surface area contributed by atoms with Crippen LogP contribution in [0.3, 0.4) is 0 Å². The summed E-state index contributed by atoms with van der Waals surface area (Å²) in [4.78, 5) is 14.4. The van der Waals surface area contributed by atoms with Crippen molar-refractivity contribution < 1.29 is 9.53 Å². The number of carbonyl (C=O) groups excluding carboxylic acids is 1. The lowest BCUT2D eigenvalue weighted by Gasteiger charge is -2.24. The Morgan fingerprint density at radius 2 is 2.21 bits per heavy atom. The fourth-order valence-electron chi connectivity index (χ4n) is 0.947. The van der Waals surface area contributed by atoms with Crippen molar-refractivity contribution in [1.29, 1.82) is 0 Å². The Morgan fingerprint density at radius 1 is 1.50 bits per heavy atom. The molecule has 1 aromatic heterocycles. The zero-order chi connectivity index (χ0) is 10.6. The molecule has 1 aromatic rings. The van der Waals surface area contributed by atoms with E-state index in [-0.39, 0.29) is 5.60 Å². The van der Waals surface area contributed by atoms with Gasteiger partial charge in [-0.3, -0.25) is 9.78 Å². The number of pyridine rings is 1. The van der Waals surface area contributed by atoms with Crippen molar-refractivity contribution >= 4 is 6.29 Å². The van der Waals surface area contributed by atoms with E-state index in [0.29, 0.717) is 11.3 Å². The van der Waals surface area contributed by atoms with Gasteiger partial charge in [0.05, 0.1) is 6.20 Å². The van der Waals surface area contributed by atoms with E-state index in [2.05, 4.69) is 11.9 Å². The predicted molar refractivity (Wildman–Crippen MR) is 54.6 cm³/mol. The zero-order valence-electron chi connectivity index (χ0n) is 8.78. The summed E-state index contributed by atoms with van der Waals surface area (Å²) in [6.45, 7) is 6.05. The molecule has 0 unspecified atom stereocenters. The van der Waals surface area contributed by atoms with Crippen LogP contribution in [0, 0.1) is 0 Å². The van der Waals surface area contributed by atoms with Crippen LogP contribution in [0.15, 0.2) is 18.5 Å². The first-order valence-corrected chi connectivity index (χ1v) is 4.66. The van der Waals surface area contributed by atoms with Gasteiger partial charge in [-0.1, -0.05) is 6.92 Å². The van der Waals surface area contributed by atoms with Crippen molar-refractivity contribution in [2.24, 2.45) is 0 Å². The maximum absolute atomic E-state index is 10.5. The lowest BCUT2D eigenvalue weighted by atomic mass is 10.1. The van der Waals surface area contributed by atoms with Gasteiger partial charge in [-0.2, -0.15) is 0 Å². The minimum atomic E-state index is -0.219. The van der Waals surface area contributed by atoms with Gasteiger partial charge in [0.2, 0.25) is 0 Å². The fraction of sp³-hybridized carbons (Fsp3) is 0.455. The van der Waals surface area contributed by atoms with Crippen LogP contribution in [0.5, 0.6) is 5.75 Å². The first kappa shape index (κ1) is 10.7. The van der Waals surface area contributed by atoms with E-state index >= 15 is 0 Å². The average molecular weight is 193 g/mol. The molecule has 76 valence electrons. The van der Waals surface area contributed by atoms with E-state index < -0.39 is 0 Å². The summed E-state index contributed by atoms with van der Waals surface area (Å²) >= 11 is 0. The molecule has 0 amide bonds. The summed E-state index contributed by atoms with van der Waals surface area (Å²) < 4.78 is 5.67. The van der Waals surface area contributed by atoms with Gasteiger partial charge in [0, 0.05) is 11.8 Å². The highest BCUT2D eigenvalue weighted by Crippen LogP contribution is 2.20. The molecule has 1 heterocycles. The molecule has 0 saturated carbocycles. The van der Waals surface area contributed by atoms with E-state index in [4.69, 9.17) is 4.74 Å². The summed E-state index contributed by atoms with van der Waals surface area (Å²) in [5, 5.41) is 0. The van der Waals surface area contributed by atoms with Gasteiger partial charge in [-0.05, 0) is 26.3 Å². The molecule has 0 spiro atoms. The van der Waals surface area contributed by atoms with Crippen LogP contribution >= 0.6 is 0 Å². The topological polar surface area (TPSA) is 39.2 Å². The number of hydrogen-bond acceptors (Lipinski definition) is 3. The average Bonchev–Trinajstić information content (AvgIpc) is 2.17. The lowest BCUT2D eigenvalue weighted by molar-refractivity contribution is 0.104. The molecule has 3 nitrogen and oxygen atoms in total. The highest BCUT2D eigenvalue weighted by Gasteiger charge is 2.16. The van der Waals surface area contributed by atoms with Crippen molar-refractivity contribution in [2.45, 2.75) is 32.8 Å². The normalized spacial score (nSPS) is 11.1. The van der Waals surface area contributed by atoms with Crippen LogP contribution in [0.25, 0.3) is 0 Å². The molecule has 0 bridgehead atoms. The number of carbonyl (C=O) groups is 1. The molecule has 0 N–H and O–H groups in total. The van der Waals surface area contributed by atoms with Crippen LogP contribution in [0.4, 0.5) is 0 Å². The van der Waals surface area contributed by atoms with Gasteiger partial charge in [-0.25, -0.2) is 0 Å². The Kier molecular flexibility index (Phi) is 3.23. The highest BCUT2D eigenvalue weighted by molar-refractivity contribution is 5.74. The van der Waals surface area contributed by atoms with Gasteiger partial charge in [-0.15, -0.1) is 0 Å². The number of ether oxygens (including phenoxy) is 1. The fourth-order valence-corrected chi connectivity index (χ4v) is 0.947. The minimum absolute atomic E-state index is 0.219. The maximum atomic E-state index is 10.5. The molecular weight excluding hydrogens is 178 g/mol. The van der Waals surface area contributed by atoms with Crippen LogP contribution < -0.4 is 4.74 Å². The molecule has 0 aliphatic rings. The molecular formula is C11H15NO2. The SMILES string of the molecule is CCC(C)(C)Oc1cncc(C=O)c1. The summed E-state index contributed by atoms with van der Waals surface area (Å²) in [5.74, 6) is 0.640. The van der Waals surface area contributed by atoms with E-state index in [1.54, 1.807) is 12.3 Å². The Bertz CT molecular complexity index is 321. The van der Waals surface area contributed by atoms with E-state index in [0.717, 1.165) is 12.7 Å². The van der Waals surface area contributed by atoms with Crippen molar-refractivity contribution in [1.82, 2.24) is 4.98 Å². The van der Waals surface area contributed by atoms with Gasteiger partial charge >= 0.3 is 0 Å². The minimum Gasteiger partial charge on any atom is -0.486 e. The monoisotopic (exact) mass is 193 g/mol. The summed E-state index contributed by atoms with van der Waals surface area (Å²) in [6.07, 6.45) is 4.79. The highest BCUT2D eigenvalue weighted by atomic mass is 16.5. The van der Waals surface area contributed by atoms with Gasteiger partial charge < -0.3 is 4.74 Å². The van der Waals surface area contributed by atoms with Crippen LogP contribution in [-0.2, 0) is 0 Å². The second kappa shape index (κ2) is 4.22. The second-order valence-corrected chi connectivity index (χ2v) is 3.79. The Labute approximate surface area is 84.1 Å². The second-order valence-electron chi connectivity index (χ2n) is 3.79. The third kappa shape index (κ3) is 2.83. The van der Waals surface area contributed by atoms with Gasteiger partial charge in [0.25, 0.3) is 0 Å². The summed E-state index contributed by atoms with van der Waals surface area (Å²) in [6, 6.07) is 1.69. The zero-order valence-corrected chi connectivity index (χ0v) is 8.78. The first-order chi connectivity index (χ1) is 6.57. The summed E-state index contributed by atoms with van der Waals surface area (Å²) in [5.41, 5.74) is 0.317. The Morgan fingerprint density at radius 3 is 2.79 bits per heavy atom. The molecule has 0 fully saturated rings. The van der Waals surface area contributed by atoms with E-state index in [1.165, 1.54) is 6.20 Å². The molecule has 1 rings (SSSR count). The molecule has 0 aliphatic heterocycles. The number of hydrogen-bond donors (Lipinski definition) is 0. The Balaban J connectivity index is 2.81. The molecule has 0 aliphatic carbocycles. The van der Waals surface area contributed by atoms with E-state index in [9.17, 15) is 4.79 Å². The van der Waals surface area contributed by atoms with Crippen molar-refractivity contribution in [3.05, 3.63) is 24.0 Å². The molecule has 0 radical (unpaired) electrons. The van der Waals surface area contributed by atoms with E-state index in [1.807, 2.05) is 13.8 Å².